The molecule has 0 spiro atoms. The molecule has 1 N–H and O–H groups in total. The van der Waals surface area contributed by atoms with Gasteiger partial charge >= 0.3 is 0 Å². The van der Waals surface area contributed by atoms with E-state index in [1.54, 1.807) is 12.5 Å². The average Bonchev–Trinajstić information content (AvgIpc) is 3.15. The zero-order valence-corrected chi connectivity index (χ0v) is 13.6. The van der Waals surface area contributed by atoms with Crippen LogP contribution in [0.3, 0.4) is 0 Å². The Kier molecular flexibility index (Phi) is 4.11. The lowest BCUT2D eigenvalue weighted by molar-refractivity contribution is 0.0946. The van der Waals surface area contributed by atoms with Crippen molar-refractivity contribution in [2.75, 3.05) is 0 Å². The molecule has 0 saturated heterocycles. The number of nitrogens with one attached hydrogen (secondary N) is 1. The number of aryl methyl sites for hydroxylation is 1. The molecule has 22 heavy (non-hydrogen) atoms. The first-order valence-corrected chi connectivity index (χ1v) is 7.60. The largest absolute Gasteiger partial charge is 0.357 e. The number of carbonyl (C=O) groups is 1. The van der Waals surface area contributed by atoms with E-state index < -0.39 is 0 Å². The Morgan fingerprint density at radius 2 is 2.00 bits per heavy atom. The molecule has 2 heterocycles. The highest BCUT2D eigenvalue weighted by molar-refractivity contribution is 9.10. The Balaban J connectivity index is 1.67. The van der Waals surface area contributed by atoms with Gasteiger partial charge in [0.05, 0.1) is 0 Å². The molecule has 3 rings (SSSR count). The van der Waals surface area contributed by atoms with E-state index in [2.05, 4.69) is 26.2 Å². The molecule has 0 fully saturated rings. The van der Waals surface area contributed by atoms with Crippen molar-refractivity contribution >= 4 is 21.8 Å². The topological polar surface area (TPSA) is 51.9 Å². The van der Waals surface area contributed by atoms with Gasteiger partial charge in [-0.15, -0.1) is 0 Å². The molecule has 112 valence electrons. The number of rotatable bonds is 4. The second kappa shape index (κ2) is 6.19. The van der Waals surface area contributed by atoms with E-state index in [1.165, 1.54) is 0 Å². The van der Waals surface area contributed by atoms with Crippen LogP contribution in [0.5, 0.6) is 0 Å². The monoisotopic (exact) mass is 358 g/mol. The highest BCUT2D eigenvalue weighted by Crippen LogP contribution is 2.14. The van der Waals surface area contributed by atoms with Crippen LogP contribution in [0.1, 0.15) is 16.1 Å². The van der Waals surface area contributed by atoms with E-state index in [0.29, 0.717) is 12.2 Å². The summed E-state index contributed by atoms with van der Waals surface area (Å²) in [6.45, 7) is 0.491. The van der Waals surface area contributed by atoms with Gasteiger partial charge in [0.2, 0.25) is 0 Å². The molecule has 1 aromatic carbocycles. The van der Waals surface area contributed by atoms with Gasteiger partial charge < -0.3 is 14.5 Å². The zero-order chi connectivity index (χ0) is 15.5. The molecular weight excluding hydrogens is 344 g/mol. The Hall–Kier alpha value is -2.34. The molecule has 0 bridgehead atoms. The minimum atomic E-state index is -0.181. The van der Waals surface area contributed by atoms with Crippen LogP contribution in [0.25, 0.3) is 5.69 Å². The molecule has 0 atom stereocenters. The normalized spacial score (nSPS) is 10.6. The standard InChI is InChI=1S/C16H15BrN4O/c1-20-7-6-12(9-20)8-18-16(22)15-10-21(11-19-15)14-4-2-13(17)3-5-14/h2-7,9-11H,8H2,1H3,(H,18,22). The number of amides is 1. The van der Waals surface area contributed by atoms with Crippen molar-refractivity contribution in [2.24, 2.45) is 7.05 Å². The zero-order valence-electron chi connectivity index (χ0n) is 12.0. The maximum absolute atomic E-state index is 12.1. The Labute approximate surface area is 136 Å². The third-order valence-corrected chi connectivity index (χ3v) is 3.81. The minimum Gasteiger partial charge on any atom is -0.357 e. The number of hydrogen-bond donors (Lipinski definition) is 1. The van der Waals surface area contributed by atoms with Crippen molar-refractivity contribution in [3.8, 4) is 5.69 Å². The Bertz CT molecular complexity index is 789. The number of halogens is 1. The first-order chi connectivity index (χ1) is 10.6. The smallest absolute Gasteiger partial charge is 0.271 e. The van der Waals surface area contributed by atoms with Gasteiger partial charge in [0.1, 0.15) is 12.0 Å². The van der Waals surface area contributed by atoms with Gasteiger partial charge in [-0.3, -0.25) is 4.79 Å². The van der Waals surface area contributed by atoms with Crippen LogP contribution in [0.2, 0.25) is 0 Å². The van der Waals surface area contributed by atoms with Gasteiger partial charge in [-0.05, 0) is 35.9 Å². The average molecular weight is 359 g/mol. The second-order valence-corrected chi connectivity index (χ2v) is 5.93. The maximum Gasteiger partial charge on any atom is 0.271 e. The van der Waals surface area contributed by atoms with Crippen LogP contribution in [-0.2, 0) is 13.6 Å². The Morgan fingerprint density at radius 3 is 2.68 bits per heavy atom. The van der Waals surface area contributed by atoms with Gasteiger partial charge in [-0.25, -0.2) is 4.98 Å². The fourth-order valence-corrected chi connectivity index (χ4v) is 2.40. The fourth-order valence-electron chi connectivity index (χ4n) is 2.13. The summed E-state index contributed by atoms with van der Waals surface area (Å²) in [6.07, 6.45) is 7.29. The number of aromatic nitrogens is 3. The van der Waals surface area contributed by atoms with Gasteiger partial charge in [0.25, 0.3) is 5.91 Å². The first-order valence-electron chi connectivity index (χ1n) is 6.81. The molecule has 0 aliphatic heterocycles. The van der Waals surface area contributed by atoms with Gasteiger partial charge in [-0.2, -0.15) is 0 Å². The molecule has 0 aliphatic carbocycles. The summed E-state index contributed by atoms with van der Waals surface area (Å²) >= 11 is 3.40. The van der Waals surface area contributed by atoms with Crippen molar-refractivity contribution in [3.05, 3.63) is 71.0 Å². The van der Waals surface area contributed by atoms with E-state index in [0.717, 1.165) is 15.7 Å². The van der Waals surface area contributed by atoms with Crippen LogP contribution in [0, 0.1) is 0 Å². The molecule has 0 radical (unpaired) electrons. The number of benzene rings is 1. The number of hydrogen-bond acceptors (Lipinski definition) is 2. The summed E-state index contributed by atoms with van der Waals surface area (Å²) in [4.78, 5) is 16.3. The summed E-state index contributed by atoms with van der Waals surface area (Å²) in [5.74, 6) is -0.181. The van der Waals surface area contributed by atoms with Crippen molar-refractivity contribution in [3.63, 3.8) is 0 Å². The third kappa shape index (κ3) is 3.28. The SMILES string of the molecule is Cn1ccc(CNC(=O)c2cn(-c3ccc(Br)cc3)cn2)c1. The summed E-state index contributed by atoms with van der Waals surface area (Å²) in [5, 5.41) is 2.87. The van der Waals surface area contributed by atoms with Gasteiger partial charge in [-0.1, -0.05) is 15.9 Å². The molecule has 0 aliphatic rings. The predicted octanol–water partition coefficient (Wildman–Crippen LogP) is 2.90. The van der Waals surface area contributed by atoms with Crippen LogP contribution in [0.4, 0.5) is 0 Å². The molecule has 6 heteroatoms. The minimum absolute atomic E-state index is 0.181. The summed E-state index contributed by atoms with van der Waals surface area (Å²) in [5.41, 5.74) is 2.42. The third-order valence-electron chi connectivity index (χ3n) is 3.29. The van der Waals surface area contributed by atoms with E-state index in [9.17, 15) is 4.79 Å². The molecule has 1 amide bonds. The first kappa shape index (κ1) is 14.6. The molecule has 2 aromatic heterocycles. The predicted molar refractivity (Wildman–Crippen MR) is 87.8 cm³/mol. The van der Waals surface area contributed by atoms with Crippen LogP contribution in [0.15, 0.2) is 59.7 Å². The number of carbonyl (C=O) groups excluding carboxylic acids is 1. The van der Waals surface area contributed by atoms with Crippen LogP contribution in [-0.4, -0.2) is 20.0 Å². The molecule has 5 nitrogen and oxygen atoms in total. The second-order valence-electron chi connectivity index (χ2n) is 5.01. The van der Waals surface area contributed by atoms with Crippen molar-refractivity contribution in [2.45, 2.75) is 6.54 Å². The van der Waals surface area contributed by atoms with Crippen LogP contribution >= 0.6 is 15.9 Å². The van der Waals surface area contributed by atoms with E-state index >= 15 is 0 Å². The lowest BCUT2D eigenvalue weighted by atomic mass is 10.3. The number of imidazole rings is 1. The number of nitrogens with zero attached hydrogens (tertiary/aromatic N) is 3. The molecule has 0 saturated carbocycles. The lowest BCUT2D eigenvalue weighted by Gasteiger charge is -2.02. The molecule has 3 aromatic rings. The van der Waals surface area contributed by atoms with E-state index in [4.69, 9.17) is 0 Å². The van der Waals surface area contributed by atoms with Crippen LogP contribution < -0.4 is 5.32 Å². The summed E-state index contributed by atoms with van der Waals surface area (Å²) in [7, 11) is 1.95. The fraction of sp³-hybridized carbons (Fsp3) is 0.125. The lowest BCUT2D eigenvalue weighted by Crippen LogP contribution is -2.22. The van der Waals surface area contributed by atoms with Gasteiger partial charge in [0.15, 0.2) is 0 Å². The molecular formula is C16H15BrN4O. The van der Waals surface area contributed by atoms with E-state index in [1.807, 2.05) is 58.9 Å². The molecule has 0 unspecified atom stereocenters. The Morgan fingerprint density at radius 1 is 1.23 bits per heavy atom. The van der Waals surface area contributed by atoms with Crippen molar-refractivity contribution in [1.29, 1.82) is 0 Å². The maximum atomic E-state index is 12.1. The van der Waals surface area contributed by atoms with E-state index in [-0.39, 0.29) is 5.91 Å². The van der Waals surface area contributed by atoms with Crippen molar-refractivity contribution in [1.82, 2.24) is 19.4 Å². The highest BCUT2D eigenvalue weighted by atomic mass is 79.9. The van der Waals surface area contributed by atoms with Crippen molar-refractivity contribution < 1.29 is 4.79 Å². The highest BCUT2D eigenvalue weighted by Gasteiger charge is 2.10. The van der Waals surface area contributed by atoms with Gasteiger partial charge in [0, 0.05) is 42.3 Å². The summed E-state index contributed by atoms with van der Waals surface area (Å²) < 4.78 is 4.78. The summed E-state index contributed by atoms with van der Waals surface area (Å²) in [6, 6.07) is 9.78. The quantitative estimate of drug-likeness (QED) is 0.779.